The Bertz CT molecular complexity index is 817. The van der Waals surface area contributed by atoms with Gasteiger partial charge >= 0.3 is 5.97 Å². The smallest absolute Gasteiger partial charge is 0.372 e. The fourth-order valence-electron chi connectivity index (χ4n) is 3.24. The Morgan fingerprint density at radius 3 is 2.42 bits per heavy atom. The van der Waals surface area contributed by atoms with Crippen molar-refractivity contribution in [3.05, 3.63) is 71.8 Å². The number of rotatable bonds is 4. The van der Waals surface area contributed by atoms with E-state index in [4.69, 9.17) is 4.74 Å². The Kier molecular flexibility index (Phi) is 4.34. The second-order valence-electron chi connectivity index (χ2n) is 6.43. The molecule has 0 radical (unpaired) electrons. The van der Waals surface area contributed by atoms with Crippen molar-refractivity contribution in [2.24, 2.45) is 0 Å². The number of allylic oxidation sites excluding steroid dienone is 1. The van der Waals surface area contributed by atoms with Crippen molar-refractivity contribution in [3.8, 4) is 0 Å². The lowest BCUT2D eigenvalue weighted by atomic mass is 9.81. The fraction of sp³-hybridized carbons (Fsp3) is 0.238. The first kappa shape index (κ1) is 16.2. The summed E-state index contributed by atoms with van der Waals surface area (Å²) in [5.41, 5.74) is 4.35. The summed E-state index contributed by atoms with van der Waals surface area (Å²) in [6.45, 7) is 4.59. The molecule has 122 valence electrons. The Hall–Kier alpha value is -2.68. The lowest BCUT2D eigenvalue weighted by molar-refractivity contribution is -0.428. The molecule has 0 fully saturated rings. The van der Waals surface area contributed by atoms with Crippen LogP contribution in [0.2, 0.25) is 0 Å². The van der Waals surface area contributed by atoms with Gasteiger partial charge in [-0.25, -0.2) is 4.79 Å². The summed E-state index contributed by atoms with van der Waals surface area (Å²) >= 11 is 0. The van der Waals surface area contributed by atoms with Crippen LogP contribution in [-0.4, -0.2) is 29.9 Å². The van der Waals surface area contributed by atoms with Crippen molar-refractivity contribution in [1.82, 2.24) is 0 Å². The van der Waals surface area contributed by atoms with Crippen LogP contribution in [0.15, 0.2) is 60.7 Å². The van der Waals surface area contributed by atoms with Crippen LogP contribution in [-0.2, 0) is 14.9 Å². The second kappa shape index (κ2) is 6.44. The molecule has 2 aromatic carbocycles. The van der Waals surface area contributed by atoms with Crippen LogP contribution in [0.4, 0.5) is 5.69 Å². The van der Waals surface area contributed by atoms with Gasteiger partial charge in [0.05, 0.1) is 12.5 Å². The third-order valence-electron chi connectivity index (χ3n) is 4.55. The molecule has 0 atom stereocenters. The standard InChI is InChI=1S/C21H22NO2/c1-21(2)17-11-7-8-12-18(17)22(15-20(23)24-3)19(21)14-13-16-9-5-4-6-10-16/h4-14H,15H2,1-3H3/q+1. The average Bonchev–Trinajstić information content (AvgIpc) is 2.81. The summed E-state index contributed by atoms with van der Waals surface area (Å²) in [4.78, 5) is 11.9. The lowest BCUT2D eigenvalue weighted by Gasteiger charge is -2.15. The molecule has 0 aromatic heterocycles. The van der Waals surface area contributed by atoms with E-state index in [1.54, 1.807) is 0 Å². The number of nitrogens with zero attached hydrogens (tertiary/aromatic N) is 1. The van der Waals surface area contributed by atoms with Gasteiger partial charge in [0, 0.05) is 17.7 Å². The number of ether oxygens (including phenoxy) is 1. The van der Waals surface area contributed by atoms with Crippen LogP contribution < -0.4 is 0 Å². The molecular formula is C21H22NO2+. The summed E-state index contributed by atoms with van der Waals surface area (Å²) in [5.74, 6) is -0.242. The van der Waals surface area contributed by atoms with E-state index in [-0.39, 0.29) is 17.9 Å². The summed E-state index contributed by atoms with van der Waals surface area (Å²) in [6, 6.07) is 18.4. The predicted molar refractivity (Wildman–Crippen MR) is 96.8 cm³/mol. The number of methoxy groups -OCH3 is 1. The van der Waals surface area contributed by atoms with Crippen molar-refractivity contribution in [1.29, 1.82) is 0 Å². The van der Waals surface area contributed by atoms with Crippen molar-refractivity contribution >= 4 is 23.4 Å². The van der Waals surface area contributed by atoms with Gasteiger partial charge in [0.1, 0.15) is 0 Å². The first-order valence-electron chi connectivity index (χ1n) is 8.08. The molecule has 0 N–H and O–H groups in total. The van der Waals surface area contributed by atoms with Crippen LogP contribution >= 0.6 is 0 Å². The number of esters is 1. The molecule has 3 heteroatoms. The maximum Gasteiger partial charge on any atom is 0.372 e. The number of benzene rings is 2. The van der Waals surface area contributed by atoms with Gasteiger partial charge in [-0.3, -0.25) is 0 Å². The molecule has 3 nitrogen and oxygen atoms in total. The van der Waals surface area contributed by atoms with Crippen LogP contribution in [0.3, 0.4) is 0 Å². The minimum absolute atomic E-state index is 0.171. The zero-order valence-electron chi connectivity index (χ0n) is 14.3. The molecule has 0 spiro atoms. The highest BCUT2D eigenvalue weighted by Gasteiger charge is 2.44. The largest absolute Gasteiger partial charge is 0.464 e. The number of fused-ring (bicyclic) bond motifs is 1. The molecule has 0 aliphatic carbocycles. The Balaban J connectivity index is 2.09. The van der Waals surface area contributed by atoms with Crippen molar-refractivity contribution in [3.63, 3.8) is 0 Å². The van der Waals surface area contributed by atoms with Gasteiger partial charge in [0.15, 0.2) is 5.71 Å². The molecule has 1 aliphatic rings. The van der Waals surface area contributed by atoms with Gasteiger partial charge in [-0.05, 0) is 25.5 Å². The average molecular weight is 320 g/mol. The van der Waals surface area contributed by atoms with Crippen molar-refractivity contribution in [2.45, 2.75) is 19.3 Å². The van der Waals surface area contributed by atoms with E-state index in [2.05, 4.69) is 54.8 Å². The predicted octanol–water partition coefficient (Wildman–Crippen LogP) is 3.95. The summed E-state index contributed by atoms with van der Waals surface area (Å²) in [7, 11) is 1.43. The van der Waals surface area contributed by atoms with Crippen LogP contribution in [0, 0.1) is 0 Å². The number of para-hydroxylation sites is 1. The third kappa shape index (κ3) is 2.90. The molecule has 24 heavy (non-hydrogen) atoms. The summed E-state index contributed by atoms with van der Waals surface area (Å²) in [5, 5.41) is 0. The first-order valence-corrected chi connectivity index (χ1v) is 8.08. The molecule has 1 aliphatic heterocycles. The maximum absolute atomic E-state index is 11.9. The molecule has 0 amide bonds. The van der Waals surface area contributed by atoms with E-state index < -0.39 is 0 Å². The van der Waals surface area contributed by atoms with Crippen LogP contribution in [0.1, 0.15) is 25.0 Å². The minimum Gasteiger partial charge on any atom is -0.464 e. The lowest BCUT2D eigenvalue weighted by Crippen LogP contribution is -2.29. The third-order valence-corrected chi connectivity index (χ3v) is 4.55. The highest BCUT2D eigenvalue weighted by molar-refractivity contribution is 6.05. The number of hydrogen-bond acceptors (Lipinski definition) is 2. The van der Waals surface area contributed by atoms with Crippen molar-refractivity contribution in [2.75, 3.05) is 13.7 Å². The number of hydrogen-bond donors (Lipinski definition) is 0. The zero-order chi connectivity index (χ0) is 17.2. The quantitative estimate of drug-likeness (QED) is 0.630. The Labute approximate surface area is 142 Å². The van der Waals surface area contributed by atoms with E-state index in [0.717, 1.165) is 17.0 Å². The Morgan fingerprint density at radius 2 is 1.71 bits per heavy atom. The van der Waals surface area contributed by atoms with Gasteiger partial charge in [0.2, 0.25) is 12.2 Å². The second-order valence-corrected chi connectivity index (χ2v) is 6.43. The first-order chi connectivity index (χ1) is 11.5. The van der Waals surface area contributed by atoms with E-state index >= 15 is 0 Å². The molecule has 0 unspecified atom stereocenters. The molecule has 0 saturated heterocycles. The van der Waals surface area contributed by atoms with Gasteiger partial charge in [-0.15, -0.1) is 0 Å². The van der Waals surface area contributed by atoms with Gasteiger partial charge in [0.25, 0.3) is 0 Å². The molecular weight excluding hydrogens is 298 g/mol. The highest BCUT2D eigenvalue weighted by atomic mass is 16.5. The summed E-state index contributed by atoms with van der Waals surface area (Å²) < 4.78 is 6.94. The van der Waals surface area contributed by atoms with E-state index in [0.29, 0.717) is 0 Å². The molecule has 1 heterocycles. The minimum atomic E-state index is -0.242. The van der Waals surface area contributed by atoms with Gasteiger partial charge < -0.3 is 4.74 Å². The molecule has 3 rings (SSSR count). The normalized spacial score (nSPS) is 15.6. The topological polar surface area (TPSA) is 29.3 Å². The van der Waals surface area contributed by atoms with E-state index in [1.165, 1.54) is 12.7 Å². The Morgan fingerprint density at radius 1 is 1.04 bits per heavy atom. The molecule has 0 bridgehead atoms. The summed E-state index contributed by atoms with van der Waals surface area (Å²) in [6.07, 6.45) is 4.20. The van der Waals surface area contributed by atoms with E-state index in [1.807, 2.05) is 30.3 Å². The highest BCUT2D eigenvalue weighted by Crippen LogP contribution is 2.39. The molecule has 0 saturated carbocycles. The fourth-order valence-corrected chi connectivity index (χ4v) is 3.24. The van der Waals surface area contributed by atoms with E-state index in [9.17, 15) is 4.79 Å². The SMILES string of the molecule is COC(=O)C[N+]1=C(C=Cc2ccccc2)C(C)(C)c2ccccc21. The van der Waals surface area contributed by atoms with Crippen LogP contribution in [0.5, 0.6) is 0 Å². The number of carbonyl (C=O) groups excluding carboxylic acids is 1. The maximum atomic E-state index is 11.9. The zero-order valence-corrected chi connectivity index (χ0v) is 14.3. The van der Waals surface area contributed by atoms with Crippen LogP contribution in [0.25, 0.3) is 6.08 Å². The van der Waals surface area contributed by atoms with Gasteiger partial charge in [-0.2, -0.15) is 4.58 Å². The van der Waals surface area contributed by atoms with Crippen molar-refractivity contribution < 1.29 is 14.1 Å². The number of carbonyl (C=O) groups is 1. The monoisotopic (exact) mass is 320 g/mol. The van der Waals surface area contributed by atoms with Gasteiger partial charge in [-0.1, -0.05) is 48.5 Å². The molecule has 2 aromatic rings.